The molecule has 1 saturated carbocycles. The first-order valence-corrected chi connectivity index (χ1v) is 8.02. The minimum absolute atomic E-state index is 0.805. The molecule has 0 amide bonds. The van der Waals surface area contributed by atoms with Crippen molar-refractivity contribution < 1.29 is 0 Å². The molecule has 1 heterocycles. The molecule has 2 rings (SSSR count). The number of nitrogens with one attached hydrogen (secondary N) is 1. The van der Waals surface area contributed by atoms with E-state index in [-0.39, 0.29) is 0 Å². The van der Waals surface area contributed by atoms with E-state index in [9.17, 15) is 0 Å². The van der Waals surface area contributed by atoms with E-state index >= 15 is 0 Å². The van der Waals surface area contributed by atoms with Gasteiger partial charge in [-0.3, -0.25) is 0 Å². The highest BCUT2D eigenvalue weighted by Gasteiger charge is 2.30. The Kier molecular flexibility index (Phi) is 5.05. The minimum Gasteiger partial charge on any atom is -0.317 e. The van der Waals surface area contributed by atoms with Crippen molar-refractivity contribution in [2.45, 2.75) is 45.4 Å². The molecule has 1 aliphatic rings. The van der Waals surface area contributed by atoms with Gasteiger partial charge in [0.1, 0.15) is 0 Å². The first kappa shape index (κ1) is 13.1. The Bertz CT molecular complexity index is 307. The van der Waals surface area contributed by atoms with Crippen molar-refractivity contribution in [2.75, 3.05) is 13.1 Å². The SMILES string of the molecule is CCNCC1CCC(CC)CC1c1ccsc1. The van der Waals surface area contributed by atoms with Crippen LogP contribution in [0.4, 0.5) is 0 Å². The molecule has 96 valence electrons. The predicted molar refractivity (Wildman–Crippen MR) is 76.7 cm³/mol. The Morgan fingerprint density at radius 2 is 2.24 bits per heavy atom. The van der Waals surface area contributed by atoms with Crippen LogP contribution in [0.5, 0.6) is 0 Å². The molecule has 1 nitrogen and oxygen atoms in total. The van der Waals surface area contributed by atoms with Gasteiger partial charge in [-0.1, -0.05) is 26.7 Å². The fourth-order valence-corrected chi connectivity index (χ4v) is 3.88. The van der Waals surface area contributed by atoms with Crippen molar-refractivity contribution in [2.24, 2.45) is 11.8 Å². The van der Waals surface area contributed by atoms with E-state index in [1.54, 1.807) is 5.56 Å². The van der Waals surface area contributed by atoms with E-state index < -0.39 is 0 Å². The van der Waals surface area contributed by atoms with Crippen LogP contribution >= 0.6 is 11.3 Å². The predicted octanol–water partition coefficient (Wildman–Crippen LogP) is 4.27. The van der Waals surface area contributed by atoms with Gasteiger partial charge in [0.2, 0.25) is 0 Å². The molecule has 3 unspecified atom stereocenters. The molecule has 0 spiro atoms. The molecule has 17 heavy (non-hydrogen) atoms. The van der Waals surface area contributed by atoms with E-state index in [0.29, 0.717) is 0 Å². The van der Waals surface area contributed by atoms with E-state index in [1.165, 1.54) is 32.2 Å². The Labute approximate surface area is 110 Å². The summed E-state index contributed by atoms with van der Waals surface area (Å²) in [4.78, 5) is 0. The van der Waals surface area contributed by atoms with Crippen LogP contribution in [0.3, 0.4) is 0 Å². The zero-order valence-corrected chi connectivity index (χ0v) is 11.9. The lowest BCUT2D eigenvalue weighted by Crippen LogP contribution is -2.31. The number of hydrogen-bond donors (Lipinski definition) is 1. The van der Waals surface area contributed by atoms with Crippen LogP contribution in [0.2, 0.25) is 0 Å². The number of hydrogen-bond acceptors (Lipinski definition) is 2. The largest absolute Gasteiger partial charge is 0.317 e. The fraction of sp³-hybridized carbons (Fsp3) is 0.733. The lowest BCUT2D eigenvalue weighted by Gasteiger charge is -2.36. The first-order valence-electron chi connectivity index (χ1n) is 7.07. The van der Waals surface area contributed by atoms with Gasteiger partial charge in [0.25, 0.3) is 0 Å². The zero-order chi connectivity index (χ0) is 12.1. The standard InChI is InChI=1S/C15H25NS/c1-3-12-5-6-13(10-16-4-2)15(9-12)14-7-8-17-11-14/h7-8,11-13,15-16H,3-6,9-10H2,1-2H3. The molecule has 0 bridgehead atoms. The maximum atomic E-state index is 3.55. The third kappa shape index (κ3) is 3.32. The lowest BCUT2D eigenvalue weighted by atomic mass is 9.71. The van der Waals surface area contributed by atoms with Crippen LogP contribution in [0.15, 0.2) is 16.8 Å². The van der Waals surface area contributed by atoms with Gasteiger partial charge in [-0.05, 0) is 66.1 Å². The van der Waals surface area contributed by atoms with E-state index in [2.05, 4.69) is 36.0 Å². The summed E-state index contributed by atoms with van der Waals surface area (Å²) in [6.45, 7) is 6.86. The smallest absolute Gasteiger partial charge is 0.00148 e. The molecule has 3 atom stereocenters. The van der Waals surface area contributed by atoms with Crippen molar-refractivity contribution in [3.8, 4) is 0 Å². The molecule has 1 aromatic rings. The third-order valence-electron chi connectivity index (χ3n) is 4.31. The fourth-order valence-electron chi connectivity index (χ4n) is 3.16. The highest BCUT2D eigenvalue weighted by atomic mass is 32.1. The second-order valence-electron chi connectivity index (χ2n) is 5.32. The van der Waals surface area contributed by atoms with Gasteiger partial charge in [0.15, 0.2) is 0 Å². The Balaban J connectivity index is 2.04. The first-order chi connectivity index (χ1) is 8.35. The van der Waals surface area contributed by atoms with Crippen LogP contribution in [0.25, 0.3) is 0 Å². The Morgan fingerprint density at radius 3 is 2.88 bits per heavy atom. The van der Waals surface area contributed by atoms with Crippen LogP contribution in [0.1, 0.15) is 51.0 Å². The summed E-state index contributed by atoms with van der Waals surface area (Å²) in [5.41, 5.74) is 1.59. The van der Waals surface area contributed by atoms with Gasteiger partial charge in [0.05, 0.1) is 0 Å². The quantitative estimate of drug-likeness (QED) is 0.824. The van der Waals surface area contributed by atoms with Crippen LogP contribution < -0.4 is 5.32 Å². The summed E-state index contributed by atoms with van der Waals surface area (Å²) in [7, 11) is 0. The van der Waals surface area contributed by atoms with Crippen molar-refractivity contribution in [1.29, 1.82) is 0 Å². The van der Waals surface area contributed by atoms with Gasteiger partial charge in [-0.2, -0.15) is 11.3 Å². The van der Waals surface area contributed by atoms with Gasteiger partial charge in [-0.15, -0.1) is 0 Å². The van der Waals surface area contributed by atoms with E-state index in [1.807, 2.05) is 11.3 Å². The third-order valence-corrected chi connectivity index (χ3v) is 5.01. The molecule has 1 N–H and O–H groups in total. The van der Waals surface area contributed by atoms with E-state index in [0.717, 1.165) is 24.3 Å². The summed E-state index contributed by atoms with van der Waals surface area (Å²) in [5, 5.41) is 8.14. The van der Waals surface area contributed by atoms with Gasteiger partial charge in [0, 0.05) is 0 Å². The van der Waals surface area contributed by atoms with Crippen LogP contribution in [-0.4, -0.2) is 13.1 Å². The van der Waals surface area contributed by atoms with Gasteiger partial charge in [-0.25, -0.2) is 0 Å². The normalized spacial score (nSPS) is 29.4. The molecule has 1 aromatic heterocycles. The molecule has 1 aliphatic carbocycles. The topological polar surface area (TPSA) is 12.0 Å². The van der Waals surface area contributed by atoms with E-state index in [4.69, 9.17) is 0 Å². The Hall–Kier alpha value is -0.340. The molecule has 0 aromatic carbocycles. The zero-order valence-electron chi connectivity index (χ0n) is 11.1. The maximum Gasteiger partial charge on any atom is -0.00148 e. The minimum atomic E-state index is 0.805. The summed E-state index contributed by atoms with van der Waals surface area (Å²) >= 11 is 1.85. The van der Waals surface area contributed by atoms with Crippen LogP contribution in [-0.2, 0) is 0 Å². The summed E-state index contributed by atoms with van der Waals surface area (Å²) in [6, 6.07) is 2.34. The summed E-state index contributed by atoms with van der Waals surface area (Å²) in [5.74, 6) is 2.61. The maximum absolute atomic E-state index is 3.55. The lowest BCUT2D eigenvalue weighted by molar-refractivity contribution is 0.227. The van der Waals surface area contributed by atoms with Crippen LogP contribution in [0, 0.1) is 11.8 Å². The van der Waals surface area contributed by atoms with Crippen molar-refractivity contribution in [3.05, 3.63) is 22.4 Å². The van der Waals surface area contributed by atoms with Gasteiger partial charge < -0.3 is 5.32 Å². The molecule has 0 radical (unpaired) electrons. The second-order valence-corrected chi connectivity index (χ2v) is 6.10. The van der Waals surface area contributed by atoms with Crippen molar-refractivity contribution in [1.82, 2.24) is 5.32 Å². The summed E-state index contributed by atoms with van der Waals surface area (Å²) in [6.07, 6.45) is 5.61. The Morgan fingerprint density at radius 1 is 1.35 bits per heavy atom. The molecular weight excluding hydrogens is 226 g/mol. The molecule has 0 saturated heterocycles. The molecular formula is C15H25NS. The monoisotopic (exact) mass is 251 g/mol. The van der Waals surface area contributed by atoms with Crippen molar-refractivity contribution in [3.63, 3.8) is 0 Å². The average molecular weight is 251 g/mol. The second kappa shape index (κ2) is 6.55. The highest BCUT2D eigenvalue weighted by Crippen LogP contribution is 2.42. The molecule has 0 aliphatic heterocycles. The van der Waals surface area contributed by atoms with Crippen molar-refractivity contribution >= 4 is 11.3 Å². The molecule has 2 heteroatoms. The highest BCUT2D eigenvalue weighted by molar-refractivity contribution is 7.07. The number of rotatable bonds is 5. The number of thiophene rings is 1. The average Bonchev–Trinajstić information content (AvgIpc) is 2.90. The molecule has 1 fully saturated rings. The van der Waals surface area contributed by atoms with Gasteiger partial charge >= 0.3 is 0 Å². The summed E-state index contributed by atoms with van der Waals surface area (Å²) < 4.78 is 0.